The van der Waals surface area contributed by atoms with Gasteiger partial charge < -0.3 is 14.6 Å². The van der Waals surface area contributed by atoms with Crippen molar-refractivity contribution in [3.63, 3.8) is 0 Å². The minimum atomic E-state index is -4.82. The fourth-order valence-electron chi connectivity index (χ4n) is 5.54. The molecule has 1 aliphatic heterocycles. The molecule has 1 saturated carbocycles. The highest BCUT2D eigenvalue weighted by Crippen LogP contribution is 2.52. The van der Waals surface area contributed by atoms with Crippen LogP contribution in [0.25, 0.3) is 0 Å². The standard InChI is InChI=1S/C26H29F6NO3/c27-25(28,29)19-8-10-20(11-9-19)35-17-18-5-3-14-33(15-18)23(16-34)24(12-4-13-24)21-6-1-2-7-22(21)36-26(30,31)32/h1-2,6-11,18,23,34H,3-5,12-17H2. The van der Waals surface area contributed by atoms with Crippen LogP contribution in [0.15, 0.2) is 48.5 Å². The Labute approximate surface area is 205 Å². The number of likely N-dealkylation sites (tertiary alicyclic amines) is 1. The second-order valence-corrected chi connectivity index (χ2v) is 9.59. The first kappa shape index (κ1) is 26.6. The lowest BCUT2D eigenvalue weighted by molar-refractivity contribution is -0.275. The van der Waals surface area contributed by atoms with Gasteiger partial charge in [-0.05, 0) is 62.6 Å². The van der Waals surface area contributed by atoms with Crippen molar-refractivity contribution in [3.8, 4) is 11.5 Å². The lowest BCUT2D eigenvalue weighted by Gasteiger charge is -2.53. The van der Waals surface area contributed by atoms with E-state index in [0.717, 1.165) is 31.4 Å². The van der Waals surface area contributed by atoms with E-state index in [9.17, 15) is 31.4 Å². The van der Waals surface area contributed by atoms with Crippen molar-refractivity contribution in [1.29, 1.82) is 0 Å². The number of para-hydroxylation sites is 1. The summed E-state index contributed by atoms with van der Waals surface area (Å²) in [5.74, 6) is 0.170. The topological polar surface area (TPSA) is 41.9 Å². The molecule has 2 aromatic rings. The number of nitrogens with zero attached hydrogens (tertiary/aromatic N) is 1. The monoisotopic (exact) mass is 517 g/mol. The number of benzene rings is 2. The fraction of sp³-hybridized carbons (Fsp3) is 0.538. The smallest absolute Gasteiger partial charge is 0.493 e. The number of piperidine rings is 1. The minimum Gasteiger partial charge on any atom is -0.493 e. The summed E-state index contributed by atoms with van der Waals surface area (Å²) >= 11 is 0. The largest absolute Gasteiger partial charge is 0.573 e. The van der Waals surface area contributed by atoms with Crippen molar-refractivity contribution in [3.05, 3.63) is 59.7 Å². The number of aliphatic hydroxyl groups excluding tert-OH is 1. The summed E-state index contributed by atoms with van der Waals surface area (Å²) in [6.45, 7) is 1.33. The first-order chi connectivity index (χ1) is 17.0. The number of halogens is 6. The van der Waals surface area contributed by atoms with Crippen LogP contribution in [0.3, 0.4) is 0 Å². The average Bonchev–Trinajstić information content (AvgIpc) is 2.79. The molecule has 1 N–H and O–H groups in total. The maximum Gasteiger partial charge on any atom is 0.573 e. The second-order valence-electron chi connectivity index (χ2n) is 9.59. The molecule has 0 spiro atoms. The molecular weight excluding hydrogens is 488 g/mol. The van der Waals surface area contributed by atoms with Gasteiger partial charge >= 0.3 is 12.5 Å². The molecule has 2 atom stereocenters. The molecule has 1 heterocycles. The molecule has 4 rings (SSSR count). The molecule has 36 heavy (non-hydrogen) atoms. The van der Waals surface area contributed by atoms with Gasteiger partial charge in [0.1, 0.15) is 11.5 Å². The predicted octanol–water partition coefficient (Wildman–Crippen LogP) is 6.18. The number of alkyl halides is 6. The summed E-state index contributed by atoms with van der Waals surface area (Å²) in [5, 5.41) is 10.4. The van der Waals surface area contributed by atoms with E-state index in [2.05, 4.69) is 9.64 Å². The van der Waals surface area contributed by atoms with Crippen LogP contribution in [0.4, 0.5) is 26.3 Å². The summed E-state index contributed by atoms with van der Waals surface area (Å²) in [4.78, 5) is 2.12. The van der Waals surface area contributed by atoms with E-state index in [1.165, 1.54) is 24.3 Å². The molecule has 10 heteroatoms. The molecule has 0 aromatic heterocycles. The van der Waals surface area contributed by atoms with Gasteiger partial charge in [0, 0.05) is 29.5 Å². The van der Waals surface area contributed by atoms with Crippen LogP contribution in [0.1, 0.15) is 43.2 Å². The van der Waals surface area contributed by atoms with Gasteiger partial charge in [0.15, 0.2) is 0 Å². The van der Waals surface area contributed by atoms with Gasteiger partial charge in [0.05, 0.1) is 18.8 Å². The number of aliphatic hydroxyl groups is 1. The quantitative estimate of drug-likeness (QED) is 0.425. The van der Waals surface area contributed by atoms with Crippen LogP contribution in [-0.2, 0) is 11.6 Å². The molecule has 2 fully saturated rings. The highest BCUT2D eigenvalue weighted by molar-refractivity contribution is 5.43. The summed E-state index contributed by atoms with van der Waals surface area (Å²) in [7, 11) is 0. The SMILES string of the molecule is OCC(N1CCCC(COc2ccc(C(F)(F)F)cc2)C1)C1(c2ccccc2OC(F)(F)F)CCC1. The summed E-state index contributed by atoms with van der Waals surface area (Å²) < 4.78 is 87.7. The van der Waals surface area contributed by atoms with Crippen molar-refractivity contribution in [2.75, 3.05) is 26.3 Å². The highest BCUT2D eigenvalue weighted by atomic mass is 19.4. The van der Waals surface area contributed by atoms with Gasteiger partial charge in [-0.25, -0.2) is 0 Å². The predicted molar refractivity (Wildman–Crippen MR) is 121 cm³/mol. The zero-order valence-electron chi connectivity index (χ0n) is 19.6. The Morgan fingerprint density at radius 1 is 0.972 bits per heavy atom. The molecule has 2 unspecified atom stereocenters. The van der Waals surface area contributed by atoms with Gasteiger partial charge in [-0.2, -0.15) is 13.2 Å². The van der Waals surface area contributed by atoms with E-state index in [1.807, 2.05) is 0 Å². The molecule has 0 bridgehead atoms. The Morgan fingerprint density at radius 3 is 2.25 bits per heavy atom. The molecule has 0 amide bonds. The average molecular weight is 518 g/mol. The molecule has 2 aromatic carbocycles. The lowest BCUT2D eigenvalue weighted by Crippen LogP contribution is -2.58. The molecule has 2 aliphatic rings. The Balaban J connectivity index is 1.46. The summed E-state index contributed by atoms with van der Waals surface area (Å²) in [6, 6.07) is 10.3. The second kappa shape index (κ2) is 10.5. The molecule has 4 nitrogen and oxygen atoms in total. The van der Waals surface area contributed by atoms with Crippen molar-refractivity contribution in [2.24, 2.45) is 5.92 Å². The number of hydrogen-bond donors (Lipinski definition) is 1. The zero-order valence-corrected chi connectivity index (χ0v) is 19.6. The molecule has 0 radical (unpaired) electrons. The number of rotatable bonds is 8. The van der Waals surface area contributed by atoms with Crippen molar-refractivity contribution in [2.45, 2.75) is 56.1 Å². The van der Waals surface area contributed by atoms with Crippen molar-refractivity contribution < 1.29 is 40.9 Å². The van der Waals surface area contributed by atoms with Gasteiger partial charge in [0.25, 0.3) is 0 Å². The molecule has 1 aliphatic carbocycles. The normalized spacial score (nSPS) is 21.5. The zero-order chi connectivity index (χ0) is 26.0. The van der Waals surface area contributed by atoms with Crippen LogP contribution in [0, 0.1) is 5.92 Å². The van der Waals surface area contributed by atoms with Gasteiger partial charge in [-0.1, -0.05) is 24.6 Å². The van der Waals surface area contributed by atoms with Crippen LogP contribution < -0.4 is 9.47 Å². The molecule has 198 valence electrons. The van der Waals surface area contributed by atoms with Crippen LogP contribution >= 0.6 is 0 Å². The van der Waals surface area contributed by atoms with Gasteiger partial charge in [0.2, 0.25) is 0 Å². The first-order valence-electron chi connectivity index (χ1n) is 12.0. The van der Waals surface area contributed by atoms with E-state index in [-0.39, 0.29) is 18.3 Å². The number of ether oxygens (including phenoxy) is 2. The van der Waals surface area contributed by atoms with E-state index < -0.39 is 29.6 Å². The van der Waals surface area contributed by atoms with Crippen molar-refractivity contribution in [1.82, 2.24) is 4.90 Å². The Hall–Kier alpha value is -2.46. The third kappa shape index (κ3) is 5.91. The van der Waals surface area contributed by atoms with Crippen LogP contribution in [-0.4, -0.2) is 48.7 Å². The van der Waals surface area contributed by atoms with Crippen LogP contribution in [0.2, 0.25) is 0 Å². The fourth-order valence-corrected chi connectivity index (χ4v) is 5.54. The highest BCUT2D eigenvalue weighted by Gasteiger charge is 2.50. The third-order valence-corrected chi connectivity index (χ3v) is 7.36. The van der Waals surface area contributed by atoms with E-state index in [1.54, 1.807) is 12.1 Å². The van der Waals surface area contributed by atoms with Crippen LogP contribution in [0.5, 0.6) is 11.5 Å². The van der Waals surface area contributed by atoms with E-state index in [4.69, 9.17) is 4.74 Å². The van der Waals surface area contributed by atoms with E-state index >= 15 is 0 Å². The Morgan fingerprint density at radius 2 is 1.67 bits per heavy atom. The Bertz CT molecular complexity index is 1000. The maximum atomic E-state index is 13.1. The van der Waals surface area contributed by atoms with Crippen molar-refractivity contribution >= 4 is 0 Å². The third-order valence-electron chi connectivity index (χ3n) is 7.36. The first-order valence-corrected chi connectivity index (χ1v) is 12.0. The molecule has 1 saturated heterocycles. The number of hydrogen-bond acceptors (Lipinski definition) is 4. The Kier molecular flexibility index (Phi) is 7.75. The maximum absolute atomic E-state index is 13.1. The summed E-state index contributed by atoms with van der Waals surface area (Å²) in [6.07, 6.45) is -5.46. The van der Waals surface area contributed by atoms with Gasteiger partial charge in [-0.3, -0.25) is 4.90 Å². The van der Waals surface area contributed by atoms with E-state index in [0.29, 0.717) is 43.9 Å². The summed E-state index contributed by atoms with van der Waals surface area (Å²) in [5.41, 5.74) is -0.951. The molecular formula is C26H29F6NO3. The lowest BCUT2D eigenvalue weighted by atomic mass is 9.59. The minimum absolute atomic E-state index is 0.0638. The van der Waals surface area contributed by atoms with Gasteiger partial charge in [-0.15, -0.1) is 13.2 Å².